The summed E-state index contributed by atoms with van der Waals surface area (Å²) < 4.78 is 7.56. The highest BCUT2D eigenvalue weighted by Crippen LogP contribution is 2.13. The zero-order valence-electron chi connectivity index (χ0n) is 22.0. The van der Waals surface area contributed by atoms with Crippen LogP contribution in [0.4, 0.5) is 0 Å². The molecule has 0 atom stereocenters. The van der Waals surface area contributed by atoms with E-state index in [-0.39, 0.29) is 38.7 Å². The van der Waals surface area contributed by atoms with Crippen LogP contribution in [0, 0.1) is 0 Å². The van der Waals surface area contributed by atoms with Gasteiger partial charge in [-0.3, -0.25) is 38.6 Å². The topological polar surface area (TPSA) is 218 Å². The molecule has 2 rings (SSSR count). The molecule has 2 aromatic heterocycles. The number of carboxylic acid groups (broad SMARTS) is 3. The first kappa shape index (κ1) is 31.4. The lowest BCUT2D eigenvalue weighted by atomic mass is 10.3. The predicted molar refractivity (Wildman–Crippen MR) is 132 cm³/mol. The van der Waals surface area contributed by atoms with Crippen molar-refractivity contribution in [3.8, 4) is 0 Å². The Kier molecular flexibility index (Phi) is 11.7. The van der Waals surface area contributed by atoms with Gasteiger partial charge in [-0.15, -0.1) is 0 Å². The van der Waals surface area contributed by atoms with Crippen molar-refractivity contribution < 1.29 is 48.8 Å². The second-order valence-electron chi connectivity index (χ2n) is 8.86. The molecule has 0 aromatic carbocycles. The fourth-order valence-electron chi connectivity index (χ4n) is 3.60. The van der Waals surface area contributed by atoms with E-state index >= 15 is 0 Å². The minimum absolute atomic E-state index is 0.0678. The predicted octanol–water partition coefficient (Wildman–Crippen LogP) is -1.47. The van der Waals surface area contributed by atoms with Gasteiger partial charge in [0.25, 0.3) is 6.47 Å². The Bertz CT molecular complexity index is 1190. The van der Waals surface area contributed by atoms with E-state index in [9.17, 15) is 28.8 Å². The standard InChI is InChI=1S/C23H31N7O10/c1-16(2)28(7-17-24-3-5-26(17)9-19(32)29(11-21(34)35)12-22(36)37)8-18-25-4-6-27(18)10-20(33)30(13-23(38)39)14-40-15-31/h3-6,15-16H,7-14H2,1-2H3,(H,34,35)(H,36,37)(H,38,39). The lowest BCUT2D eigenvalue weighted by Gasteiger charge is -2.27. The van der Waals surface area contributed by atoms with Gasteiger partial charge in [0.15, 0.2) is 6.73 Å². The number of carbonyl (C=O) groups excluding carboxylic acids is 3. The van der Waals surface area contributed by atoms with E-state index in [1.165, 1.54) is 27.7 Å². The first-order valence-corrected chi connectivity index (χ1v) is 11.9. The van der Waals surface area contributed by atoms with Gasteiger partial charge in [0.05, 0.1) is 13.1 Å². The van der Waals surface area contributed by atoms with Crippen LogP contribution in [-0.4, -0.2) is 118 Å². The largest absolute Gasteiger partial charge is 0.480 e. The molecule has 2 amide bonds. The van der Waals surface area contributed by atoms with Crippen molar-refractivity contribution in [3.05, 3.63) is 36.4 Å². The third-order valence-corrected chi connectivity index (χ3v) is 5.62. The molecule has 0 saturated heterocycles. The van der Waals surface area contributed by atoms with Gasteiger partial charge in [-0.1, -0.05) is 0 Å². The minimum atomic E-state index is -1.34. The Labute approximate surface area is 228 Å². The Morgan fingerprint density at radius 2 is 1.25 bits per heavy atom. The van der Waals surface area contributed by atoms with E-state index in [1.807, 2.05) is 18.7 Å². The van der Waals surface area contributed by atoms with Crippen molar-refractivity contribution in [1.29, 1.82) is 0 Å². The Morgan fingerprint density at radius 1 is 0.825 bits per heavy atom. The highest BCUT2D eigenvalue weighted by Gasteiger charge is 2.23. The van der Waals surface area contributed by atoms with E-state index in [0.29, 0.717) is 11.6 Å². The van der Waals surface area contributed by atoms with Crippen molar-refractivity contribution in [2.24, 2.45) is 0 Å². The monoisotopic (exact) mass is 565 g/mol. The summed E-state index contributed by atoms with van der Waals surface area (Å²) in [6.45, 7) is 1.07. The molecule has 40 heavy (non-hydrogen) atoms. The third-order valence-electron chi connectivity index (χ3n) is 5.62. The minimum Gasteiger partial charge on any atom is -0.480 e. The smallest absolute Gasteiger partial charge is 0.323 e. The molecule has 0 aliphatic rings. The molecule has 0 unspecified atom stereocenters. The van der Waals surface area contributed by atoms with Crippen LogP contribution in [0.2, 0.25) is 0 Å². The van der Waals surface area contributed by atoms with Crippen molar-refractivity contribution in [3.63, 3.8) is 0 Å². The highest BCUT2D eigenvalue weighted by molar-refractivity contribution is 5.85. The van der Waals surface area contributed by atoms with E-state index in [2.05, 4.69) is 14.7 Å². The van der Waals surface area contributed by atoms with E-state index < -0.39 is 56.1 Å². The van der Waals surface area contributed by atoms with E-state index in [4.69, 9.17) is 15.3 Å². The summed E-state index contributed by atoms with van der Waals surface area (Å²) in [5.41, 5.74) is 0. The summed E-state index contributed by atoms with van der Waals surface area (Å²) in [6, 6.07) is -0.0678. The summed E-state index contributed by atoms with van der Waals surface area (Å²) in [7, 11) is 0. The van der Waals surface area contributed by atoms with Gasteiger partial charge in [0.1, 0.15) is 44.4 Å². The van der Waals surface area contributed by atoms with Crippen molar-refractivity contribution in [2.45, 2.75) is 46.1 Å². The number of nitrogens with zero attached hydrogens (tertiary/aromatic N) is 7. The molecule has 0 saturated carbocycles. The zero-order valence-corrected chi connectivity index (χ0v) is 22.0. The Hall–Kier alpha value is -4.80. The van der Waals surface area contributed by atoms with Crippen LogP contribution in [0.15, 0.2) is 24.8 Å². The second-order valence-corrected chi connectivity index (χ2v) is 8.86. The van der Waals surface area contributed by atoms with E-state index in [0.717, 1.165) is 9.80 Å². The van der Waals surface area contributed by atoms with Crippen LogP contribution in [0.5, 0.6) is 0 Å². The molecular weight excluding hydrogens is 534 g/mol. The van der Waals surface area contributed by atoms with Crippen LogP contribution >= 0.6 is 0 Å². The Balaban J connectivity index is 2.15. The molecule has 2 heterocycles. The lowest BCUT2D eigenvalue weighted by molar-refractivity contribution is -0.152. The van der Waals surface area contributed by atoms with Crippen LogP contribution in [-0.2, 0) is 59.7 Å². The maximum absolute atomic E-state index is 12.7. The molecule has 0 fully saturated rings. The van der Waals surface area contributed by atoms with Crippen LogP contribution in [0.25, 0.3) is 0 Å². The van der Waals surface area contributed by atoms with Gasteiger partial charge in [0.2, 0.25) is 11.8 Å². The van der Waals surface area contributed by atoms with E-state index in [1.54, 1.807) is 6.20 Å². The lowest BCUT2D eigenvalue weighted by Crippen LogP contribution is -2.41. The molecule has 0 aliphatic heterocycles. The number of ether oxygens (including phenoxy) is 1. The number of hydrogen-bond acceptors (Lipinski definition) is 10. The van der Waals surface area contributed by atoms with Gasteiger partial charge >= 0.3 is 17.9 Å². The Morgan fingerprint density at radius 3 is 1.65 bits per heavy atom. The van der Waals surface area contributed by atoms with Crippen LogP contribution in [0.1, 0.15) is 25.5 Å². The number of rotatable bonds is 18. The number of aliphatic carboxylic acids is 3. The number of hydrogen-bond donors (Lipinski definition) is 3. The normalized spacial score (nSPS) is 10.9. The number of carboxylic acids is 3. The van der Waals surface area contributed by atoms with Gasteiger partial charge in [-0.25, -0.2) is 9.97 Å². The summed E-state index contributed by atoms with van der Waals surface area (Å²) >= 11 is 0. The molecule has 0 aliphatic carbocycles. The molecule has 218 valence electrons. The van der Waals surface area contributed by atoms with Crippen molar-refractivity contribution in [1.82, 2.24) is 33.8 Å². The number of amides is 2. The average molecular weight is 566 g/mol. The molecule has 0 radical (unpaired) electrons. The number of aromatic nitrogens is 4. The molecule has 0 spiro atoms. The van der Waals surface area contributed by atoms with Crippen LogP contribution < -0.4 is 0 Å². The average Bonchev–Trinajstić information content (AvgIpc) is 3.48. The zero-order chi connectivity index (χ0) is 29.8. The van der Waals surface area contributed by atoms with Crippen LogP contribution in [0.3, 0.4) is 0 Å². The molecule has 3 N–H and O–H groups in total. The number of carbonyl (C=O) groups is 6. The molecular formula is C23H31N7O10. The van der Waals surface area contributed by atoms with Crippen molar-refractivity contribution >= 4 is 36.2 Å². The van der Waals surface area contributed by atoms with Gasteiger partial charge in [-0.05, 0) is 13.8 Å². The quantitative estimate of drug-likeness (QED) is 0.139. The molecule has 17 heteroatoms. The highest BCUT2D eigenvalue weighted by atomic mass is 16.5. The molecule has 0 bridgehead atoms. The van der Waals surface area contributed by atoms with Gasteiger partial charge in [0, 0.05) is 30.8 Å². The summed E-state index contributed by atoms with van der Waals surface area (Å²) in [5.74, 6) is -4.37. The first-order chi connectivity index (χ1) is 18.9. The van der Waals surface area contributed by atoms with Gasteiger partial charge < -0.3 is 34.1 Å². The summed E-state index contributed by atoms with van der Waals surface area (Å²) in [4.78, 5) is 81.2. The summed E-state index contributed by atoms with van der Waals surface area (Å²) in [5, 5.41) is 27.1. The van der Waals surface area contributed by atoms with Gasteiger partial charge in [-0.2, -0.15) is 0 Å². The second kappa shape index (κ2) is 15.0. The maximum atomic E-state index is 12.7. The summed E-state index contributed by atoms with van der Waals surface area (Å²) in [6.07, 6.45) is 6.00. The molecule has 17 nitrogen and oxygen atoms in total. The third kappa shape index (κ3) is 9.82. The molecule has 2 aromatic rings. The number of imidazole rings is 2. The fourth-order valence-corrected chi connectivity index (χ4v) is 3.60. The fraction of sp³-hybridized carbons (Fsp3) is 0.478. The maximum Gasteiger partial charge on any atom is 0.323 e. The van der Waals surface area contributed by atoms with Crippen molar-refractivity contribution in [2.75, 3.05) is 26.4 Å². The SMILES string of the molecule is CC(C)N(Cc1nccn1CC(=O)N(COC=O)CC(=O)O)Cc1nccn1CC(=O)N(CC(=O)O)CC(=O)O. The first-order valence-electron chi connectivity index (χ1n) is 11.9.